The highest BCUT2D eigenvalue weighted by Gasteiger charge is 2.10. The van der Waals surface area contributed by atoms with Gasteiger partial charge in [0.2, 0.25) is 0 Å². The molecule has 18 heavy (non-hydrogen) atoms. The van der Waals surface area contributed by atoms with Crippen LogP contribution < -0.4 is 10.6 Å². The standard InChI is InChI=1S/C15H19N3/c1-3-18(11-13-7-5-4-6-8-13)15-14(16)10-9-12(2)17-15/h4-10H,3,11,16H2,1-2H3. The first-order chi connectivity index (χ1) is 8.70. The summed E-state index contributed by atoms with van der Waals surface area (Å²) in [5.74, 6) is 0.876. The molecular formula is C15H19N3. The maximum atomic E-state index is 6.02. The van der Waals surface area contributed by atoms with Gasteiger partial charge < -0.3 is 10.6 Å². The van der Waals surface area contributed by atoms with Crippen LogP contribution >= 0.6 is 0 Å². The van der Waals surface area contributed by atoms with Crippen LogP contribution in [0.15, 0.2) is 42.5 Å². The van der Waals surface area contributed by atoms with Crippen LogP contribution in [0.1, 0.15) is 18.2 Å². The lowest BCUT2D eigenvalue weighted by Gasteiger charge is -2.23. The van der Waals surface area contributed by atoms with Crippen molar-refractivity contribution in [2.75, 3.05) is 17.2 Å². The van der Waals surface area contributed by atoms with E-state index in [9.17, 15) is 0 Å². The monoisotopic (exact) mass is 241 g/mol. The van der Waals surface area contributed by atoms with Gasteiger partial charge in [-0.3, -0.25) is 0 Å². The zero-order chi connectivity index (χ0) is 13.0. The Balaban J connectivity index is 2.26. The van der Waals surface area contributed by atoms with Gasteiger partial charge in [0.1, 0.15) is 0 Å². The number of anilines is 2. The fourth-order valence-corrected chi connectivity index (χ4v) is 1.95. The van der Waals surface area contributed by atoms with Crippen LogP contribution in [0.3, 0.4) is 0 Å². The minimum atomic E-state index is 0.735. The maximum absolute atomic E-state index is 6.02. The van der Waals surface area contributed by atoms with Crippen molar-refractivity contribution in [3.63, 3.8) is 0 Å². The summed E-state index contributed by atoms with van der Waals surface area (Å²) in [7, 11) is 0. The average Bonchev–Trinajstić information content (AvgIpc) is 2.40. The first-order valence-electron chi connectivity index (χ1n) is 6.22. The van der Waals surface area contributed by atoms with Crippen molar-refractivity contribution in [3.05, 3.63) is 53.7 Å². The molecule has 0 aliphatic carbocycles. The number of nitrogen functional groups attached to an aromatic ring is 1. The molecule has 2 aromatic rings. The van der Waals surface area contributed by atoms with Crippen molar-refractivity contribution >= 4 is 11.5 Å². The van der Waals surface area contributed by atoms with Crippen LogP contribution in [0.25, 0.3) is 0 Å². The second kappa shape index (κ2) is 5.54. The van der Waals surface area contributed by atoms with E-state index in [1.807, 2.05) is 25.1 Å². The van der Waals surface area contributed by atoms with E-state index in [-0.39, 0.29) is 0 Å². The number of hydrogen-bond acceptors (Lipinski definition) is 3. The molecule has 0 unspecified atom stereocenters. The van der Waals surface area contributed by atoms with Crippen molar-refractivity contribution in [2.24, 2.45) is 0 Å². The van der Waals surface area contributed by atoms with E-state index in [2.05, 4.69) is 41.1 Å². The summed E-state index contributed by atoms with van der Waals surface area (Å²) in [5.41, 5.74) is 9.01. The van der Waals surface area contributed by atoms with Crippen molar-refractivity contribution in [1.29, 1.82) is 0 Å². The second-order valence-electron chi connectivity index (χ2n) is 4.37. The summed E-state index contributed by atoms with van der Waals surface area (Å²) < 4.78 is 0. The molecule has 0 fully saturated rings. The Bertz CT molecular complexity index is 508. The number of hydrogen-bond donors (Lipinski definition) is 1. The van der Waals surface area contributed by atoms with E-state index >= 15 is 0 Å². The minimum Gasteiger partial charge on any atom is -0.396 e. The van der Waals surface area contributed by atoms with Gasteiger partial charge >= 0.3 is 0 Å². The highest BCUT2D eigenvalue weighted by Crippen LogP contribution is 2.22. The Morgan fingerprint density at radius 1 is 1.11 bits per heavy atom. The first kappa shape index (κ1) is 12.4. The number of benzene rings is 1. The summed E-state index contributed by atoms with van der Waals surface area (Å²) in [4.78, 5) is 6.73. The third-order valence-electron chi connectivity index (χ3n) is 2.94. The predicted molar refractivity (Wildman–Crippen MR) is 76.6 cm³/mol. The molecule has 2 rings (SSSR count). The Kier molecular flexibility index (Phi) is 3.82. The predicted octanol–water partition coefficient (Wildman–Crippen LogP) is 3.00. The lowest BCUT2D eigenvalue weighted by Crippen LogP contribution is -2.24. The highest BCUT2D eigenvalue weighted by atomic mass is 15.2. The summed E-state index contributed by atoms with van der Waals surface area (Å²) in [6, 6.07) is 14.2. The molecule has 94 valence electrons. The molecule has 0 saturated heterocycles. The van der Waals surface area contributed by atoms with Crippen LogP contribution in [-0.4, -0.2) is 11.5 Å². The van der Waals surface area contributed by atoms with Crippen molar-refractivity contribution < 1.29 is 0 Å². The van der Waals surface area contributed by atoms with Crippen molar-refractivity contribution in [2.45, 2.75) is 20.4 Å². The van der Waals surface area contributed by atoms with Gasteiger partial charge in [-0.2, -0.15) is 0 Å². The molecule has 2 N–H and O–H groups in total. The van der Waals surface area contributed by atoms with E-state index in [1.54, 1.807) is 0 Å². The Morgan fingerprint density at radius 2 is 1.83 bits per heavy atom. The number of pyridine rings is 1. The fourth-order valence-electron chi connectivity index (χ4n) is 1.95. The zero-order valence-electron chi connectivity index (χ0n) is 10.9. The number of nitrogens with zero attached hydrogens (tertiary/aromatic N) is 2. The van der Waals surface area contributed by atoms with Crippen LogP contribution in [0.2, 0.25) is 0 Å². The van der Waals surface area contributed by atoms with Gasteiger partial charge in [-0.1, -0.05) is 30.3 Å². The van der Waals surface area contributed by atoms with E-state index in [0.29, 0.717) is 0 Å². The Labute approximate surface area is 108 Å². The Hall–Kier alpha value is -2.03. The van der Waals surface area contributed by atoms with E-state index < -0.39 is 0 Å². The normalized spacial score (nSPS) is 10.3. The summed E-state index contributed by atoms with van der Waals surface area (Å²) in [6.07, 6.45) is 0. The first-order valence-corrected chi connectivity index (χ1v) is 6.22. The molecule has 0 saturated carbocycles. The topological polar surface area (TPSA) is 42.2 Å². The van der Waals surface area contributed by atoms with Crippen LogP contribution in [-0.2, 0) is 6.54 Å². The summed E-state index contributed by atoms with van der Waals surface area (Å²) >= 11 is 0. The second-order valence-corrected chi connectivity index (χ2v) is 4.37. The number of nitrogens with two attached hydrogens (primary N) is 1. The van der Waals surface area contributed by atoms with Crippen molar-refractivity contribution in [3.8, 4) is 0 Å². The number of aromatic nitrogens is 1. The largest absolute Gasteiger partial charge is 0.396 e. The molecule has 1 aromatic carbocycles. The third kappa shape index (κ3) is 2.80. The molecule has 3 nitrogen and oxygen atoms in total. The van der Waals surface area contributed by atoms with Crippen molar-refractivity contribution in [1.82, 2.24) is 4.98 Å². The quantitative estimate of drug-likeness (QED) is 0.894. The van der Waals surface area contributed by atoms with Gasteiger partial charge in [0.15, 0.2) is 5.82 Å². The molecule has 0 aliphatic rings. The molecule has 1 heterocycles. The van der Waals surface area contributed by atoms with Gasteiger partial charge in [-0.05, 0) is 31.5 Å². The third-order valence-corrected chi connectivity index (χ3v) is 2.94. The summed E-state index contributed by atoms with van der Waals surface area (Å²) in [6.45, 7) is 5.82. The lowest BCUT2D eigenvalue weighted by atomic mass is 10.2. The van der Waals surface area contributed by atoms with Gasteiger partial charge in [-0.25, -0.2) is 4.98 Å². The van der Waals surface area contributed by atoms with E-state index in [4.69, 9.17) is 5.73 Å². The molecule has 3 heteroatoms. The summed E-state index contributed by atoms with van der Waals surface area (Å²) in [5, 5.41) is 0. The maximum Gasteiger partial charge on any atom is 0.152 e. The number of aryl methyl sites for hydroxylation is 1. The number of rotatable bonds is 4. The van der Waals surface area contributed by atoms with E-state index in [1.165, 1.54) is 5.56 Å². The minimum absolute atomic E-state index is 0.735. The average molecular weight is 241 g/mol. The molecule has 1 aromatic heterocycles. The van der Waals surface area contributed by atoms with E-state index in [0.717, 1.165) is 30.3 Å². The molecule has 0 aliphatic heterocycles. The fraction of sp³-hybridized carbons (Fsp3) is 0.267. The molecule has 0 amide bonds. The van der Waals surface area contributed by atoms with Gasteiger partial charge in [0.25, 0.3) is 0 Å². The highest BCUT2D eigenvalue weighted by molar-refractivity contribution is 5.62. The lowest BCUT2D eigenvalue weighted by molar-refractivity contribution is 0.812. The van der Waals surface area contributed by atoms with Gasteiger partial charge in [0.05, 0.1) is 5.69 Å². The molecule has 0 spiro atoms. The van der Waals surface area contributed by atoms with Crippen LogP contribution in [0.4, 0.5) is 11.5 Å². The zero-order valence-corrected chi connectivity index (χ0v) is 10.9. The Morgan fingerprint density at radius 3 is 2.50 bits per heavy atom. The van der Waals surface area contributed by atoms with Crippen LogP contribution in [0.5, 0.6) is 0 Å². The smallest absolute Gasteiger partial charge is 0.152 e. The molecule has 0 atom stereocenters. The van der Waals surface area contributed by atoms with Gasteiger partial charge in [0, 0.05) is 18.8 Å². The SMILES string of the molecule is CCN(Cc1ccccc1)c1nc(C)ccc1N. The molecule has 0 radical (unpaired) electrons. The molecule has 0 bridgehead atoms. The van der Waals surface area contributed by atoms with Gasteiger partial charge in [-0.15, -0.1) is 0 Å². The molecular weight excluding hydrogens is 222 g/mol. The van der Waals surface area contributed by atoms with Crippen LogP contribution in [0, 0.1) is 6.92 Å².